The molecule has 0 heterocycles. The van der Waals surface area contributed by atoms with Crippen LogP contribution in [0.1, 0.15) is 43.2 Å². The normalized spacial score (nSPS) is 15.7. The molecule has 0 aliphatic heterocycles. The van der Waals surface area contributed by atoms with E-state index >= 15 is 0 Å². The molecule has 0 saturated heterocycles. The lowest BCUT2D eigenvalue weighted by molar-refractivity contribution is -0.110. The van der Waals surface area contributed by atoms with Crippen molar-refractivity contribution in [2.24, 2.45) is 0 Å². The molecule has 1 fully saturated rings. The van der Waals surface area contributed by atoms with Crippen LogP contribution in [0.4, 0.5) is 5.69 Å². The average Bonchev–Trinajstić information content (AvgIpc) is 2.43. The van der Waals surface area contributed by atoms with Crippen molar-refractivity contribution in [3.05, 3.63) is 29.3 Å². The summed E-state index contributed by atoms with van der Waals surface area (Å²) in [5, 5.41) is 6.07. The zero-order valence-electron chi connectivity index (χ0n) is 12.2. The molecule has 0 spiro atoms. The Balaban J connectivity index is 1.91. The number of hydrogen-bond donors (Lipinski definition) is 2. The highest BCUT2D eigenvalue weighted by atomic mass is 32.1. The quantitative estimate of drug-likeness (QED) is 0.819. The Bertz CT molecular complexity index is 507. The summed E-state index contributed by atoms with van der Waals surface area (Å²) in [4.78, 5) is 12.4. The van der Waals surface area contributed by atoms with E-state index in [-0.39, 0.29) is 5.91 Å². The molecule has 0 unspecified atom stereocenters. The van der Waals surface area contributed by atoms with Crippen LogP contribution in [0.3, 0.4) is 0 Å². The molecule has 1 aliphatic rings. The molecule has 4 heteroatoms. The van der Waals surface area contributed by atoms with E-state index in [0.717, 1.165) is 24.1 Å². The van der Waals surface area contributed by atoms with Crippen LogP contribution in [0.2, 0.25) is 0 Å². The highest BCUT2D eigenvalue weighted by Gasteiger charge is 2.17. The Labute approximate surface area is 126 Å². The number of carbonyl (C=O) groups excluding carboxylic acids is 1. The molecule has 1 aliphatic carbocycles. The van der Waals surface area contributed by atoms with Gasteiger partial charge in [-0.05, 0) is 38.3 Å². The van der Waals surface area contributed by atoms with Gasteiger partial charge in [0.2, 0.25) is 0 Å². The first-order chi connectivity index (χ1) is 9.56. The number of anilines is 1. The van der Waals surface area contributed by atoms with Gasteiger partial charge in [-0.2, -0.15) is 0 Å². The third kappa shape index (κ3) is 4.04. The molecule has 3 nitrogen and oxygen atoms in total. The highest BCUT2D eigenvalue weighted by molar-refractivity contribution is 7.82. The van der Waals surface area contributed by atoms with Crippen LogP contribution in [0, 0.1) is 13.8 Å². The number of carbonyl (C=O) groups is 1. The van der Waals surface area contributed by atoms with Gasteiger partial charge in [-0.1, -0.05) is 49.2 Å². The topological polar surface area (TPSA) is 41.1 Å². The number of aryl methyl sites for hydroxylation is 2. The molecule has 0 bridgehead atoms. The summed E-state index contributed by atoms with van der Waals surface area (Å²) < 4.78 is 0. The highest BCUT2D eigenvalue weighted by Crippen LogP contribution is 2.18. The monoisotopic (exact) mass is 290 g/mol. The first-order valence-electron chi connectivity index (χ1n) is 7.25. The maximum absolute atomic E-state index is 12.1. The second-order valence-electron chi connectivity index (χ2n) is 5.58. The minimum atomic E-state index is -0.211. The van der Waals surface area contributed by atoms with Gasteiger partial charge in [-0.25, -0.2) is 0 Å². The molecular formula is C16H22N2OS. The number of amides is 1. The molecule has 0 radical (unpaired) electrons. The molecule has 2 rings (SSSR count). The lowest BCUT2D eigenvalue weighted by Crippen LogP contribution is -2.41. The first kappa shape index (κ1) is 15.0. The zero-order valence-corrected chi connectivity index (χ0v) is 13.0. The van der Waals surface area contributed by atoms with Gasteiger partial charge in [0.05, 0.1) is 0 Å². The van der Waals surface area contributed by atoms with Gasteiger partial charge in [0, 0.05) is 11.7 Å². The van der Waals surface area contributed by atoms with Crippen molar-refractivity contribution in [2.45, 2.75) is 52.0 Å². The van der Waals surface area contributed by atoms with Crippen molar-refractivity contribution in [2.75, 3.05) is 5.32 Å². The van der Waals surface area contributed by atoms with Crippen LogP contribution in [-0.4, -0.2) is 16.9 Å². The second kappa shape index (κ2) is 6.84. The van der Waals surface area contributed by atoms with Gasteiger partial charge in [0.25, 0.3) is 5.91 Å². The molecule has 2 N–H and O–H groups in total. The fraction of sp³-hybridized carbons (Fsp3) is 0.500. The van der Waals surface area contributed by atoms with E-state index < -0.39 is 0 Å². The van der Waals surface area contributed by atoms with E-state index in [1.54, 1.807) is 0 Å². The minimum Gasteiger partial charge on any atom is -0.369 e. The van der Waals surface area contributed by atoms with Crippen LogP contribution < -0.4 is 10.6 Å². The van der Waals surface area contributed by atoms with Gasteiger partial charge in [-0.15, -0.1) is 0 Å². The summed E-state index contributed by atoms with van der Waals surface area (Å²) in [6.07, 6.45) is 5.95. The Hall–Kier alpha value is -1.42. The standard InChI is InChI=1S/C16H22N2OS/c1-11-8-9-14(12(2)10-11)18-15(19)16(20)17-13-6-4-3-5-7-13/h8-10,13H,3-7H2,1-2H3,(H,17,20)(H,18,19). The van der Waals surface area contributed by atoms with Crippen molar-refractivity contribution >= 4 is 28.8 Å². The van der Waals surface area contributed by atoms with Crippen molar-refractivity contribution in [1.29, 1.82) is 0 Å². The van der Waals surface area contributed by atoms with Crippen LogP contribution in [0.15, 0.2) is 18.2 Å². The molecule has 0 aromatic heterocycles. The van der Waals surface area contributed by atoms with E-state index in [0.29, 0.717) is 11.0 Å². The molecule has 1 saturated carbocycles. The van der Waals surface area contributed by atoms with E-state index in [2.05, 4.69) is 10.6 Å². The Morgan fingerprint density at radius 3 is 2.55 bits per heavy atom. The third-order valence-corrected chi connectivity index (χ3v) is 4.08. The fourth-order valence-electron chi connectivity index (χ4n) is 2.63. The largest absolute Gasteiger partial charge is 0.369 e. The van der Waals surface area contributed by atoms with E-state index in [4.69, 9.17) is 12.2 Å². The predicted molar refractivity (Wildman–Crippen MR) is 87.2 cm³/mol. The molecule has 108 valence electrons. The maximum atomic E-state index is 12.1. The summed E-state index contributed by atoms with van der Waals surface area (Å²) in [5.74, 6) is -0.211. The number of benzene rings is 1. The number of hydrogen-bond acceptors (Lipinski definition) is 2. The molecule has 1 amide bonds. The third-order valence-electron chi connectivity index (χ3n) is 3.78. The summed E-state index contributed by atoms with van der Waals surface area (Å²) in [6, 6.07) is 6.32. The number of rotatable bonds is 2. The Morgan fingerprint density at radius 2 is 1.90 bits per heavy atom. The Kier molecular flexibility index (Phi) is 5.12. The van der Waals surface area contributed by atoms with Crippen molar-refractivity contribution in [3.63, 3.8) is 0 Å². The molecule has 1 aromatic rings. The van der Waals surface area contributed by atoms with E-state index in [9.17, 15) is 4.79 Å². The molecule has 20 heavy (non-hydrogen) atoms. The van der Waals surface area contributed by atoms with Gasteiger partial charge >= 0.3 is 0 Å². The first-order valence-corrected chi connectivity index (χ1v) is 7.66. The SMILES string of the molecule is Cc1ccc(NC(=O)C(=S)NC2CCCCC2)c(C)c1. The average molecular weight is 290 g/mol. The lowest BCUT2D eigenvalue weighted by atomic mass is 9.95. The van der Waals surface area contributed by atoms with E-state index in [1.165, 1.54) is 24.8 Å². The lowest BCUT2D eigenvalue weighted by Gasteiger charge is -2.23. The summed E-state index contributed by atoms with van der Waals surface area (Å²) >= 11 is 5.20. The van der Waals surface area contributed by atoms with Gasteiger partial charge in [0.15, 0.2) is 4.99 Å². The summed E-state index contributed by atoms with van der Waals surface area (Å²) in [5.41, 5.74) is 3.07. The van der Waals surface area contributed by atoms with Crippen molar-refractivity contribution < 1.29 is 4.79 Å². The van der Waals surface area contributed by atoms with Crippen LogP contribution in [-0.2, 0) is 4.79 Å². The van der Waals surface area contributed by atoms with E-state index in [1.807, 2.05) is 32.0 Å². The fourth-order valence-corrected chi connectivity index (χ4v) is 2.85. The van der Waals surface area contributed by atoms with Crippen molar-refractivity contribution in [3.8, 4) is 0 Å². The number of thiocarbonyl (C=S) groups is 1. The van der Waals surface area contributed by atoms with Crippen LogP contribution in [0.25, 0.3) is 0 Å². The Morgan fingerprint density at radius 1 is 1.20 bits per heavy atom. The zero-order chi connectivity index (χ0) is 14.5. The minimum absolute atomic E-state index is 0.211. The molecule has 1 aromatic carbocycles. The molecular weight excluding hydrogens is 268 g/mol. The predicted octanol–water partition coefficient (Wildman–Crippen LogP) is 3.49. The summed E-state index contributed by atoms with van der Waals surface area (Å²) in [7, 11) is 0. The van der Waals surface area contributed by atoms with Crippen LogP contribution >= 0.6 is 12.2 Å². The second-order valence-corrected chi connectivity index (χ2v) is 5.99. The number of nitrogens with one attached hydrogen (secondary N) is 2. The molecule has 0 atom stereocenters. The van der Waals surface area contributed by atoms with Gasteiger partial charge < -0.3 is 10.6 Å². The maximum Gasteiger partial charge on any atom is 0.283 e. The van der Waals surface area contributed by atoms with Gasteiger partial charge in [-0.3, -0.25) is 4.79 Å². The smallest absolute Gasteiger partial charge is 0.283 e. The van der Waals surface area contributed by atoms with Crippen LogP contribution in [0.5, 0.6) is 0 Å². The van der Waals surface area contributed by atoms with Crippen molar-refractivity contribution in [1.82, 2.24) is 5.32 Å². The summed E-state index contributed by atoms with van der Waals surface area (Å²) in [6.45, 7) is 4.02. The van der Waals surface area contributed by atoms with Gasteiger partial charge in [0.1, 0.15) is 0 Å².